The van der Waals surface area contributed by atoms with Crippen molar-refractivity contribution in [2.45, 2.75) is 27.4 Å². The number of rotatable bonds is 4. The Bertz CT molecular complexity index is 676. The first-order chi connectivity index (χ1) is 9.61. The molecule has 0 N–H and O–H groups in total. The van der Waals surface area contributed by atoms with Crippen molar-refractivity contribution in [1.82, 2.24) is 0 Å². The van der Waals surface area contributed by atoms with E-state index in [-0.39, 0.29) is 11.5 Å². The second-order valence-corrected chi connectivity index (χ2v) is 5.13. The summed E-state index contributed by atoms with van der Waals surface area (Å²) in [6.45, 7) is 6.49. The monoisotopic (exact) mass is 287 g/mol. The molecule has 0 atom stereocenters. The maximum absolute atomic E-state index is 10.6. The van der Waals surface area contributed by atoms with Crippen LogP contribution in [0, 0.1) is 20.8 Å². The molecular weight excluding hydrogens is 270 g/mol. The smallest absolute Gasteiger partial charge is 0.205 e. The van der Waals surface area contributed by atoms with Gasteiger partial charge < -0.3 is 4.74 Å². The van der Waals surface area contributed by atoms with Gasteiger partial charge in [-0.3, -0.25) is 0 Å². The lowest BCUT2D eigenvalue weighted by Crippen LogP contribution is -1.99. The molecule has 0 aliphatic rings. The van der Waals surface area contributed by atoms with Crippen molar-refractivity contribution < 1.29 is 8.95 Å². The van der Waals surface area contributed by atoms with Gasteiger partial charge in [0.05, 0.1) is 5.69 Å². The molecule has 0 radical (unpaired) electrons. The topological polar surface area (TPSA) is 38.7 Å². The van der Waals surface area contributed by atoms with Crippen LogP contribution in [0.15, 0.2) is 40.8 Å². The fourth-order valence-corrected chi connectivity index (χ4v) is 2.36. The van der Waals surface area contributed by atoms with Crippen LogP contribution in [0.5, 0.6) is 5.75 Å². The molecule has 104 valence electrons. The van der Waals surface area contributed by atoms with Crippen molar-refractivity contribution in [3.63, 3.8) is 0 Å². The summed E-state index contributed by atoms with van der Waals surface area (Å²) in [5.74, 6) is 0.861. The number of nitrogens with zero attached hydrogens (tertiary/aromatic N) is 1. The van der Waals surface area contributed by atoms with Gasteiger partial charge in [-0.05, 0) is 44.0 Å². The van der Waals surface area contributed by atoms with E-state index < -0.39 is 0 Å². The van der Waals surface area contributed by atoms with Gasteiger partial charge in [-0.2, -0.15) is 8.57 Å². The van der Waals surface area contributed by atoms with Crippen LogP contribution in [-0.2, 0) is 18.1 Å². The van der Waals surface area contributed by atoms with E-state index in [1.807, 2.05) is 44.2 Å². The van der Waals surface area contributed by atoms with Crippen molar-refractivity contribution in [3.05, 3.63) is 58.7 Å². The van der Waals surface area contributed by atoms with Gasteiger partial charge in [-0.25, -0.2) is 0 Å². The summed E-state index contributed by atoms with van der Waals surface area (Å²) >= 11 is 0.224. The summed E-state index contributed by atoms with van der Waals surface area (Å²) in [6, 6.07) is 11.8. The molecule has 20 heavy (non-hydrogen) atoms. The van der Waals surface area contributed by atoms with Crippen molar-refractivity contribution in [2.24, 2.45) is 4.36 Å². The molecule has 2 rings (SSSR count). The van der Waals surface area contributed by atoms with Crippen LogP contribution in [0.25, 0.3) is 0 Å². The van der Waals surface area contributed by atoms with E-state index in [2.05, 4.69) is 17.4 Å². The molecule has 0 amide bonds. The van der Waals surface area contributed by atoms with Crippen molar-refractivity contribution in [2.75, 3.05) is 0 Å². The minimum absolute atomic E-state index is 0.224. The van der Waals surface area contributed by atoms with Crippen molar-refractivity contribution in [1.29, 1.82) is 0 Å². The highest BCUT2D eigenvalue weighted by atomic mass is 32.1. The van der Waals surface area contributed by atoms with E-state index in [0.29, 0.717) is 12.3 Å². The van der Waals surface area contributed by atoms with Crippen LogP contribution in [0.2, 0.25) is 0 Å². The fourth-order valence-electron chi connectivity index (χ4n) is 2.11. The lowest BCUT2D eigenvalue weighted by molar-refractivity contribution is 0.304. The fraction of sp³-hybridized carbons (Fsp3) is 0.250. The van der Waals surface area contributed by atoms with Crippen molar-refractivity contribution in [3.8, 4) is 5.75 Å². The Labute approximate surface area is 122 Å². The minimum Gasteiger partial charge on any atom is -0.489 e. The summed E-state index contributed by atoms with van der Waals surface area (Å²) in [5, 5.41) is 0. The van der Waals surface area contributed by atoms with Gasteiger partial charge in [-0.15, -0.1) is 0 Å². The molecule has 0 fully saturated rings. The second-order valence-electron chi connectivity index (χ2n) is 4.80. The molecule has 0 aliphatic carbocycles. The van der Waals surface area contributed by atoms with E-state index in [1.165, 1.54) is 5.56 Å². The quantitative estimate of drug-likeness (QED) is 0.844. The van der Waals surface area contributed by atoms with E-state index >= 15 is 0 Å². The lowest BCUT2D eigenvalue weighted by atomic mass is 10.1. The average Bonchev–Trinajstić information content (AvgIpc) is 2.40. The summed E-state index contributed by atoms with van der Waals surface area (Å²) in [4.78, 5) is 0. The Kier molecular flexibility index (Phi) is 4.69. The first-order valence-electron chi connectivity index (χ1n) is 6.40. The summed E-state index contributed by atoms with van der Waals surface area (Å²) in [7, 11) is 0. The third kappa shape index (κ3) is 3.33. The number of aryl methyl sites for hydroxylation is 3. The highest BCUT2D eigenvalue weighted by molar-refractivity contribution is 7.54. The maximum atomic E-state index is 10.6. The predicted octanol–water partition coefficient (Wildman–Crippen LogP) is 4.22. The molecule has 0 heterocycles. The van der Waals surface area contributed by atoms with Gasteiger partial charge in [0.25, 0.3) is 0 Å². The number of hydrogen-bond donors (Lipinski definition) is 0. The van der Waals surface area contributed by atoms with E-state index in [1.54, 1.807) is 0 Å². The molecule has 0 spiro atoms. The van der Waals surface area contributed by atoms with Gasteiger partial charge in [0, 0.05) is 5.56 Å². The molecule has 0 saturated carbocycles. The number of benzene rings is 2. The normalized spacial score (nSPS) is 10.2. The Balaban J connectivity index is 2.24. The SMILES string of the molecule is Cc1ccc(OCc2c(C)cccc2N=S=O)c(C)c1. The lowest BCUT2D eigenvalue weighted by Gasteiger charge is -2.12. The second kappa shape index (κ2) is 6.48. The average molecular weight is 287 g/mol. The van der Waals surface area contributed by atoms with Gasteiger partial charge in [-0.1, -0.05) is 29.8 Å². The zero-order valence-corrected chi connectivity index (χ0v) is 12.7. The summed E-state index contributed by atoms with van der Waals surface area (Å²) in [6.07, 6.45) is 0. The van der Waals surface area contributed by atoms with Gasteiger partial charge in [0.15, 0.2) is 0 Å². The maximum Gasteiger partial charge on any atom is 0.205 e. The van der Waals surface area contributed by atoms with Crippen LogP contribution < -0.4 is 4.74 Å². The van der Waals surface area contributed by atoms with E-state index in [4.69, 9.17) is 4.74 Å². The summed E-state index contributed by atoms with van der Waals surface area (Å²) < 4.78 is 20.4. The predicted molar refractivity (Wildman–Crippen MR) is 81.7 cm³/mol. The Morgan fingerprint density at radius 2 is 1.90 bits per heavy atom. The highest BCUT2D eigenvalue weighted by Gasteiger charge is 2.07. The Morgan fingerprint density at radius 1 is 1.10 bits per heavy atom. The Hall–Kier alpha value is -1.94. The zero-order valence-electron chi connectivity index (χ0n) is 11.8. The standard InChI is InChI=1S/C16H17NO2S/c1-11-7-8-16(13(3)9-11)19-10-14-12(2)5-4-6-15(14)17-20-18/h4-9H,10H2,1-3H3. The molecule has 0 aromatic heterocycles. The number of ether oxygens (including phenoxy) is 1. The van der Waals surface area contributed by atoms with Crippen LogP contribution in [0.4, 0.5) is 5.69 Å². The number of hydrogen-bond acceptors (Lipinski definition) is 3. The third-order valence-electron chi connectivity index (χ3n) is 3.22. The first-order valence-corrected chi connectivity index (χ1v) is 7.10. The van der Waals surface area contributed by atoms with Gasteiger partial charge >= 0.3 is 0 Å². The van der Waals surface area contributed by atoms with Gasteiger partial charge in [0.2, 0.25) is 11.5 Å². The van der Waals surface area contributed by atoms with Crippen LogP contribution in [0.3, 0.4) is 0 Å². The minimum atomic E-state index is 0.224. The third-order valence-corrected chi connectivity index (χ3v) is 3.49. The molecule has 2 aromatic carbocycles. The van der Waals surface area contributed by atoms with E-state index in [0.717, 1.165) is 22.4 Å². The van der Waals surface area contributed by atoms with Crippen molar-refractivity contribution >= 4 is 17.2 Å². The molecule has 0 saturated heterocycles. The van der Waals surface area contributed by atoms with Crippen LogP contribution >= 0.6 is 0 Å². The van der Waals surface area contributed by atoms with E-state index in [9.17, 15) is 4.21 Å². The highest BCUT2D eigenvalue weighted by Crippen LogP contribution is 2.26. The summed E-state index contributed by atoms with van der Waals surface area (Å²) in [5.41, 5.74) is 5.04. The zero-order chi connectivity index (χ0) is 14.5. The molecule has 0 aliphatic heterocycles. The first kappa shape index (κ1) is 14.5. The molecule has 0 unspecified atom stereocenters. The Morgan fingerprint density at radius 3 is 2.60 bits per heavy atom. The molecule has 3 nitrogen and oxygen atoms in total. The molecular formula is C16H17NO2S. The van der Waals surface area contributed by atoms with Gasteiger partial charge in [0.1, 0.15) is 12.4 Å². The molecule has 2 aromatic rings. The molecule has 0 bridgehead atoms. The largest absolute Gasteiger partial charge is 0.489 e. The van der Waals surface area contributed by atoms with Crippen LogP contribution in [0.1, 0.15) is 22.3 Å². The van der Waals surface area contributed by atoms with Crippen LogP contribution in [-0.4, -0.2) is 4.21 Å². The molecule has 4 heteroatoms.